The summed E-state index contributed by atoms with van der Waals surface area (Å²) in [5.41, 5.74) is 4.38. The van der Waals surface area contributed by atoms with Gasteiger partial charge in [-0.15, -0.1) is 0 Å². The second-order valence-corrected chi connectivity index (χ2v) is 4.40. The molecule has 9 heteroatoms. The van der Waals surface area contributed by atoms with Crippen molar-refractivity contribution in [3.05, 3.63) is 29.6 Å². The summed E-state index contributed by atoms with van der Waals surface area (Å²) in [6.45, 7) is 0. The molecule has 1 aromatic heterocycles. The normalized spacial score (nSPS) is 12.7. The van der Waals surface area contributed by atoms with Crippen molar-refractivity contribution in [3.8, 4) is 0 Å². The van der Waals surface area contributed by atoms with Gasteiger partial charge in [0.1, 0.15) is 5.69 Å². The van der Waals surface area contributed by atoms with E-state index in [9.17, 15) is 22.8 Å². The number of rotatable bonds is 6. The summed E-state index contributed by atoms with van der Waals surface area (Å²) in [5, 5.41) is 10.9. The van der Waals surface area contributed by atoms with Gasteiger partial charge in [-0.25, -0.2) is 4.79 Å². The second kappa shape index (κ2) is 6.91. The smallest absolute Gasteiger partial charge is 0.433 e. The lowest BCUT2D eigenvalue weighted by Crippen LogP contribution is -2.36. The van der Waals surface area contributed by atoms with E-state index in [0.717, 1.165) is 12.3 Å². The van der Waals surface area contributed by atoms with E-state index in [0.29, 0.717) is 5.56 Å². The van der Waals surface area contributed by atoms with Gasteiger partial charge in [0.25, 0.3) is 0 Å². The van der Waals surface area contributed by atoms with Crippen molar-refractivity contribution in [2.75, 3.05) is 0 Å². The molecule has 1 atom stereocenters. The molecule has 0 fully saturated rings. The number of amides is 2. The lowest BCUT2D eigenvalue weighted by molar-refractivity contribution is -0.141. The van der Waals surface area contributed by atoms with Crippen LogP contribution < -0.4 is 11.1 Å². The molecule has 0 saturated carbocycles. The van der Waals surface area contributed by atoms with Crippen LogP contribution in [0.5, 0.6) is 0 Å². The van der Waals surface area contributed by atoms with Crippen LogP contribution in [-0.2, 0) is 17.4 Å². The van der Waals surface area contributed by atoms with E-state index in [1.807, 2.05) is 0 Å². The van der Waals surface area contributed by atoms with Crippen LogP contribution in [0.2, 0.25) is 0 Å². The molecule has 6 nitrogen and oxygen atoms in total. The van der Waals surface area contributed by atoms with Gasteiger partial charge in [-0.2, -0.15) is 13.2 Å². The molecule has 0 aliphatic rings. The standard InChI is InChI=1S/C12H14F3N3O3/c13-12(14,15)9-3-1-7(6-17-9)5-8(18-11(20)21)2-4-10(16)19/h1,3,6,8,18H,2,4-5H2,(H2,16,19)(H,20,21). The van der Waals surface area contributed by atoms with Crippen LogP contribution in [0.4, 0.5) is 18.0 Å². The Morgan fingerprint density at radius 1 is 1.38 bits per heavy atom. The average molecular weight is 305 g/mol. The molecule has 0 aromatic carbocycles. The van der Waals surface area contributed by atoms with Crippen LogP contribution in [0, 0.1) is 0 Å². The highest BCUT2D eigenvalue weighted by molar-refractivity contribution is 5.73. The zero-order valence-corrected chi connectivity index (χ0v) is 10.9. The Bertz CT molecular complexity index is 503. The number of carboxylic acid groups (broad SMARTS) is 1. The van der Waals surface area contributed by atoms with Crippen LogP contribution in [0.15, 0.2) is 18.3 Å². The van der Waals surface area contributed by atoms with Crippen LogP contribution >= 0.6 is 0 Å². The number of hydrogen-bond donors (Lipinski definition) is 3. The third kappa shape index (κ3) is 6.11. The lowest BCUT2D eigenvalue weighted by Gasteiger charge is -2.16. The number of nitrogens with two attached hydrogens (primary N) is 1. The summed E-state index contributed by atoms with van der Waals surface area (Å²) < 4.78 is 37.1. The van der Waals surface area contributed by atoms with E-state index < -0.39 is 29.9 Å². The van der Waals surface area contributed by atoms with Crippen LogP contribution in [0.25, 0.3) is 0 Å². The Hall–Kier alpha value is -2.32. The molecule has 0 bridgehead atoms. The highest BCUT2D eigenvalue weighted by Crippen LogP contribution is 2.27. The van der Waals surface area contributed by atoms with Gasteiger partial charge in [-0.1, -0.05) is 6.07 Å². The predicted octanol–water partition coefficient (Wildman–Crippen LogP) is 1.54. The zero-order chi connectivity index (χ0) is 16.0. The first-order valence-electron chi connectivity index (χ1n) is 5.98. The number of pyridine rings is 1. The number of nitrogens with one attached hydrogen (secondary N) is 1. The number of nitrogens with zero attached hydrogens (tertiary/aromatic N) is 1. The minimum Gasteiger partial charge on any atom is -0.465 e. The maximum Gasteiger partial charge on any atom is 0.433 e. The first-order chi connectivity index (χ1) is 9.68. The summed E-state index contributed by atoms with van der Waals surface area (Å²) in [6.07, 6.45) is -4.54. The van der Waals surface area contributed by atoms with E-state index >= 15 is 0 Å². The minimum absolute atomic E-state index is 0.0288. The molecule has 1 heterocycles. The molecule has 0 aliphatic heterocycles. The van der Waals surface area contributed by atoms with Crippen molar-refractivity contribution in [3.63, 3.8) is 0 Å². The fourth-order valence-corrected chi connectivity index (χ4v) is 1.71. The summed E-state index contributed by atoms with van der Waals surface area (Å²) >= 11 is 0. The highest BCUT2D eigenvalue weighted by Gasteiger charge is 2.32. The van der Waals surface area contributed by atoms with Gasteiger partial charge in [-0.3, -0.25) is 9.78 Å². The quantitative estimate of drug-likeness (QED) is 0.741. The fourth-order valence-electron chi connectivity index (χ4n) is 1.71. The molecular formula is C12H14F3N3O3. The summed E-state index contributed by atoms with van der Waals surface area (Å²) in [4.78, 5) is 24.6. The Morgan fingerprint density at radius 2 is 2.05 bits per heavy atom. The Morgan fingerprint density at radius 3 is 2.48 bits per heavy atom. The van der Waals surface area contributed by atoms with Crippen molar-refractivity contribution in [2.24, 2.45) is 5.73 Å². The zero-order valence-electron chi connectivity index (χ0n) is 10.9. The summed E-state index contributed by atoms with van der Waals surface area (Å²) in [6, 6.07) is 1.41. The van der Waals surface area contributed by atoms with Crippen LogP contribution in [0.3, 0.4) is 0 Å². The number of aromatic nitrogens is 1. The number of halogens is 3. The molecule has 116 valence electrons. The SMILES string of the molecule is NC(=O)CCC(Cc1ccc(C(F)(F)F)nc1)NC(=O)O. The Balaban J connectivity index is 2.73. The van der Waals surface area contributed by atoms with E-state index in [1.165, 1.54) is 6.07 Å². The van der Waals surface area contributed by atoms with Gasteiger partial charge in [0, 0.05) is 18.7 Å². The van der Waals surface area contributed by atoms with E-state index in [4.69, 9.17) is 10.8 Å². The molecule has 0 radical (unpaired) electrons. The maximum atomic E-state index is 12.4. The van der Waals surface area contributed by atoms with Crippen molar-refractivity contribution in [1.82, 2.24) is 10.3 Å². The largest absolute Gasteiger partial charge is 0.465 e. The number of primary amides is 1. The van der Waals surface area contributed by atoms with Gasteiger partial charge < -0.3 is 16.2 Å². The molecule has 1 aromatic rings. The Labute approximate surface area is 118 Å². The molecule has 21 heavy (non-hydrogen) atoms. The lowest BCUT2D eigenvalue weighted by atomic mass is 10.0. The number of carbonyl (C=O) groups excluding carboxylic acids is 1. The molecule has 1 rings (SSSR count). The van der Waals surface area contributed by atoms with Gasteiger partial charge in [0.2, 0.25) is 5.91 Å². The monoisotopic (exact) mass is 305 g/mol. The van der Waals surface area contributed by atoms with E-state index in [-0.39, 0.29) is 19.3 Å². The molecular weight excluding hydrogens is 291 g/mol. The van der Waals surface area contributed by atoms with Crippen molar-refractivity contribution in [2.45, 2.75) is 31.5 Å². The third-order valence-electron chi connectivity index (χ3n) is 2.66. The molecule has 0 spiro atoms. The van der Waals surface area contributed by atoms with Crippen molar-refractivity contribution in [1.29, 1.82) is 0 Å². The van der Waals surface area contributed by atoms with Crippen molar-refractivity contribution >= 4 is 12.0 Å². The second-order valence-electron chi connectivity index (χ2n) is 4.40. The molecule has 1 unspecified atom stereocenters. The topological polar surface area (TPSA) is 105 Å². The van der Waals surface area contributed by atoms with Crippen molar-refractivity contribution < 1.29 is 27.9 Å². The Kier molecular flexibility index (Phi) is 5.51. The van der Waals surface area contributed by atoms with E-state index in [2.05, 4.69) is 10.3 Å². The number of hydrogen-bond acceptors (Lipinski definition) is 3. The molecule has 0 saturated heterocycles. The van der Waals surface area contributed by atoms with Gasteiger partial charge in [-0.05, 0) is 24.5 Å². The van der Waals surface area contributed by atoms with Crippen LogP contribution in [-0.4, -0.2) is 28.1 Å². The minimum atomic E-state index is -4.52. The first kappa shape index (κ1) is 16.7. The molecule has 0 aliphatic carbocycles. The molecule has 2 amide bonds. The third-order valence-corrected chi connectivity index (χ3v) is 2.66. The van der Waals surface area contributed by atoms with Gasteiger partial charge in [0.05, 0.1) is 0 Å². The molecule has 4 N–H and O–H groups in total. The highest BCUT2D eigenvalue weighted by atomic mass is 19.4. The summed E-state index contributed by atoms with van der Waals surface area (Å²) in [5.74, 6) is -0.585. The summed E-state index contributed by atoms with van der Waals surface area (Å²) in [7, 11) is 0. The average Bonchev–Trinajstić information content (AvgIpc) is 2.35. The maximum absolute atomic E-state index is 12.4. The number of carbonyl (C=O) groups is 2. The van der Waals surface area contributed by atoms with Gasteiger partial charge in [0.15, 0.2) is 0 Å². The predicted molar refractivity (Wildman–Crippen MR) is 66.3 cm³/mol. The van der Waals surface area contributed by atoms with Crippen LogP contribution in [0.1, 0.15) is 24.1 Å². The first-order valence-corrected chi connectivity index (χ1v) is 5.98. The van der Waals surface area contributed by atoms with E-state index in [1.54, 1.807) is 0 Å². The fraction of sp³-hybridized carbons (Fsp3) is 0.417. The van der Waals surface area contributed by atoms with Gasteiger partial charge >= 0.3 is 12.3 Å². The number of alkyl halides is 3.